The van der Waals surface area contributed by atoms with Crippen LogP contribution in [0.3, 0.4) is 0 Å². The molecule has 0 saturated carbocycles. The zero-order valence-corrected chi connectivity index (χ0v) is 14.9. The summed E-state index contributed by atoms with van der Waals surface area (Å²) in [5.41, 5.74) is 9.93. The number of hydrogen-bond acceptors (Lipinski definition) is 3. The molecule has 0 aliphatic carbocycles. The van der Waals surface area contributed by atoms with Gasteiger partial charge in [-0.3, -0.25) is 4.68 Å². The van der Waals surface area contributed by atoms with Crippen molar-refractivity contribution in [3.63, 3.8) is 0 Å². The van der Waals surface area contributed by atoms with Crippen LogP contribution in [0, 0.1) is 0 Å². The molecule has 2 N–H and O–H groups in total. The van der Waals surface area contributed by atoms with Gasteiger partial charge in [0.25, 0.3) is 0 Å². The molecule has 0 amide bonds. The monoisotopic (exact) mass is 370 g/mol. The molecule has 114 valence electrons. The van der Waals surface area contributed by atoms with Crippen molar-refractivity contribution in [1.82, 2.24) is 9.78 Å². The van der Waals surface area contributed by atoms with Gasteiger partial charge in [-0.05, 0) is 47.5 Å². The van der Waals surface area contributed by atoms with Crippen molar-refractivity contribution in [3.8, 4) is 0 Å². The van der Waals surface area contributed by atoms with Crippen molar-refractivity contribution in [2.24, 2.45) is 0 Å². The Morgan fingerprint density at radius 1 is 1.38 bits per heavy atom. The Balaban J connectivity index is 2.33. The number of halogens is 2. The third kappa shape index (κ3) is 3.35. The zero-order valence-electron chi connectivity index (χ0n) is 12.5. The zero-order chi connectivity index (χ0) is 15.6. The number of aromatic nitrogens is 2. The molecule has 0 aliphatic rings. The molecule has 1 heterocycles. The number of nitrogens with two attached hydrogens (primary N) is 1. The van der Waals surface area contributed by atoms with E-state index in [2.05, 4.69) is 39.8 Å². The van der Waals surface area contributed by atoms with Gasteiger partial charge < -0.3 is 10.6 Å². The van der Waals surface area contributed by atoms with Crippen LogP contribution in [0.25, 0.3) is 0 Å². The fourth-order valence-corrected chi connectivity index (χ4v) is 3.18. The van der Waals surface area contributed by atoms with Crippen molar-refractivity contribution >= 4 is 38.9 Å². The van der Waals surface area contributed by atoms with Crippen molar-refractivity contribution in [3.05, 3.63) is 39.1 Å². The summed E-state index contributed by atoms with van der Waals surface area (Å²) in [4.78, 5) is 2.09. The second-order valence-corrected chi connectivity index (χ2v) is 6.17. The van der Waals surface area contributed by atoms with Gasteiger partial charge in [0, 0.05) is 18.6 Å². The van der Waals surface area contributed by atoms with E-state index >= 15 is 0 Å². The fourth-order valence-electron chi connectivity index (χ4n) is 2.33. The summed E-state index contributed by atoms with van der Waals surface area (Å²) < 4.78 is 3.11. The third-order valence-electron chi connectivity index (χ3n) is 3.48. The highest BCUT2D eigenvalue weighted by Crippen LogP contribution is 2.29. The van der Waals surface area contributed by atoms with Gasteiger partial charge in [0.1, 0.15) is 0 Å². The Kier molecular flexibility index (Phi) is 5.17. The molecule has 21 heavy (non-hydrogen) atoms. The van der Waals surface area contributed by atoms with Crippen LogP contribution in [-0.4, -0.2) is 16.8 Å². The van der Waals surface area contributed by atoms with Crippen molar-refractivity contribution < 1.29 is 0 Å². The summed E-state index contributed by atoms with van der Waals surface area (Å²) in [6.07, 6.45) is 0.906. The van der Waals surface area contributed by atoms with Gasteiger partial charge in [0.05, 0.1) is 33.8 Å². The minimum Gasteiger partial charge on any atom is -0.397 e. The van der Waals surface area contributed by atoms with Crippen molar-refractivity contribution in [1.29, 1.82) is 0 Å². The average molecular weight is 372 g/mol. The molecule has 0 atom stereocenters. The molecule has 0 saturated heterocycles. The Bertz CT molecular complexity index is 639. The number of aryl methyl sites for hydroxylation is 2. The summed E-state index contributed by atoms with van der Waals surface area (Å²) in [5.74, 6) is 0. The van der Waals surface area contributed by atoms with Crippen LogP contribution in [0.1, 0.15) is 25.2 Å². The number of nitrogens with zero attached hydrogens (tertiary/aromatic N) is 3. The number of nitrogen functional groups attached to an aromatic ring is 1. The normalized spacial score (nSPS) is 10.9. The number of hydrogen-bond donors (Lipinski definition) is 1. The Morgan fingerprint density at radius 3 is 2.71 bits per heavy atom. The maximum Gasteiger partial charge on any atom is 0.0767 e. The molecule has 2 aromatic rings. The minimum absolute atomic E-state index is 0.684. The van der Waals surface area contributed by atoms with E-state index in [1.807, 2.05) is 23.9 Å². The predicted molar refractivity (Wildman–Crippen MR) is 93.0 cm³/mol. The lowest BCUT2D eigenvalue weighted by Gasteiger charge is -2.22. The lowest BCUT2D eigenvalue weighted by molar-refractivity contribution is 0.609. The Labute approximate surface area is 139 Å². The third-order valence-corrected chi connectivity index (χ3v) is 4.64. The second kappa shape index (κ2) is 6.71. The number of rotatable bonds is 5. The van der Waals surface area contributed by atoms with Gasteiger partial charge in [-0.1, -0.05) is 18.5 Å². The van der Waals surface area contributed by atoms with E-state index in [1.54, 1.807) is 6.07 Å². The Hall–Kier alpha value is -1.20. The molecule has 4 nitrogen and oxygen atoms in total. The standard InChI is InChI=1S/C15H20BrClN4/c1-4-12-15(16)14(21(5-2)19-12)9-20(3)13-8-10(17)6-7-11(13)18/h6-8H,4-5,9,18H2,1-3H3. The molecule has 0 fully saturated rings. The van der Waals surface area contributed by atoms with Crippen LogP contribution in [0.4, 0.5) is 11.4 Å². The summed E-state index contributed by atoms with van der Waals surface area (Å²) in [5, 5.41) is 5.30. The van der Waals surface area contributed by atoms with Gasteiger partial charge in [0.2, 0.25) is 0 Å². The van der Waals surface area contributed by atoms with Gasteiger partial charge in [0.15, 0.2) is 0 Å². The average Bonchev–Trinajstić information content (AvgIpc) is 2.77. The molecular formula is C15H20BrClN4. The molecule has 1 aromatic heterocycles. The van der Waals surface area contributed by atoms with E-state index in [4.69, 9.17) is 17.3 Å². The van der Waals surface area contributed by atoms with E-state index < -0.39 is 0 Å². The van der Waals surface area contributed by atoms with Gasteiger partial charge in [-0.25, -0.2) is 0 Å². The lowest BCUT2D eigenvalue weighted by atomic mass is 10.2. The first-order valence-electron chi connectivity index (χ1n) is 6.98. The second-order valence-electron chi connectivity index (χ2n) is 4.94. The van der Waals surface area contributed by atoms with E-state index in [9.17, 15) is 0 Å². The van der Waals surface area contributed by atoms with Crippen LogP contribution in [0.2, 0.25) is 5.02 Å². The summed E-state index contributed by atoms with van der Waals surface area (Å²) in [6.45, 7) is 5.75. The van der Waals surface area contributed by atoms with Crippen LogP contribution in [-0.2, 0) is 19.5 Å². The SMILES string of the molecule is CCc1nn(CC)c(CN(C)c2cc(Cl)ccc2N)c1Br. The van der Waals surface area contributed by atoms with Crippen molar-refractivity contribution in [2.45, 2.75) is 33.4 Å². The molecule has 0 bridgehead atoms. The van der Waals surface area contributed by atoms with E-state index in [0.717, 1.165) is 40.2 Å². The van der Waals surface area contributed by atoms with Gasteiger partial charge in [-0.2, -0.15) is 5.10 Å². The van der Waals surface area contributed by atoms with Gasteiger partial charge >= 0.3 is 0 Å². The molecule has 6 heteroatoms. The van der Waals surface area contributed by atoms with Crippen LogP contribution >= 0.6 is 27.5 Å². The Morgan fingerprint density at radius 2 is 2.10 bits per heavy atom. The molecule has 0 spiro atoms. The van der Waals surface area contributed by atoms with Crippen LogP contribution < -0.4 is 10.6 Å². The maximum atomic E-state index is 6.07. The van der Waals surface area contributed by atoms with Gasteiger partial charge in [-0.15, -0.1) is 0 Å². The fraction of sp³-hybridized carbons (Fsp3) is 0.400. The topological polar surface area (TPSA) is 47.1 Å². The summed E-state index contributed by atoms with van der Waals surface area (Å²) >= 11 is 9.74. The predicted octanol–water partition coefficient (Wildman–Crippen LogP) is 4.10. The highest BCUT2D eigenvalue weighted by molar-refractivity contribution is 9.10. The molecule has 1 aromatic carbocycles. The largest absolute Gasteiger partial charge is 0.397 e. The molecule has 0 radical (unpaired) electrons. The lowest BCUT2D eigenvalue weighted by Crippen LogP contribution is -2.20. The quantitative estimate of drug-likeness (QED) is 0.805. The molecule has 0 aliphatic heterocycles. The summed E-state index contributed by atoms with van der Waals surface area (Å²) in [7, 11) is 2.01. The smallest absolute Gasteiger partial charge is 0.0767 e. The highest BCUT2D eigenvalue weighted by Gasteiger charge is 2.16. The first-order chi connectivity index (χ1) is 9.97. The highest BCUT2D eigenvalue weighted by atomic mass is 79.9. The van der Waals surface area contributed by atoms with Crippen molar-refractivity contribution in [2.75, 3.05) is 17.7 Å². The first-order valence-corrected chi connectivity index (χ1v) is 8.15. The van der Waals surface area contributed by atoms with Crippen LogP contribution in [0.5, 0.6) is 0 Å². The number of anilines is 2. The maximum absolute atomic E-state index is 6.07. The summed E-state index contributed by atoms with van der Waals surface area (Å²) in [6, 6.07) is 5.52. The molecule has 2 rings (SSSR count). The first kappa shape index (κ1) is 16.2. The van der Waals surface area contributed by atoms with E-state index in [0.29, 0.717) is 11.6 Å². The van der Waals surface area contributed by atoms with E-state index in [1.165, 1.54) is 0 Å². The van der Waals surface area contributed by atoms with E-state index in [-0.39, 0.29) is 0 Å². The minimum atomic E-state index is 0.684. The molecule has 0 unspecified atom stereocenters. The number of benzene rings is 1. The molecular weight excluding hydrogens is 352 g/mol. The van der Waals surface area contributed by atoms with Crippen LogP contribution in [0.15, 0.2) is 22.7 Å².